The lowest BCUT2D eigenvalue weighted by Crippen LogP contribution is -2.40. The Hall–Kier alpha value is -2.69. The summed E-state index contributed by atoms with van der Waals surface area (Å²) in [4.78, 5) is 29.1. The van der Waals surface area contributed by atoms with Crippen molar-refractivity contribution in [3.63, 3.8) is 0 Å². The minimum atomic E-state index is -0.364. The Kier molecular flexibility index (Phi) is 3.43. The molecule has 0 aliphatic heterocycles. The highest BCUT2D eigenvalue weighted by Gasteiger charge is 2.17. The first-order chi connectivity index (χ1) is 10.7. The molecule has 0 atom stereocenters. The molecule has 5 heteroatoms. The molecule has 1 amide bonds. The van der Waals surface area contributed by atoms with Crippen molar-refractivity contribution in [3.8, 4) is 0 Å². The minimum absolute atomic E-state index is 0.178. The molecule has 1 aromatic carbocycles. The Morgan fingerprint density at radius 1 is 1.17 bits per heavy atom. The highest BCUT2D eigenvalue weighted by Crippen LogP contribution is 2.19. The highest BCUT2D eigenvalue weighted by atomic mass is 16.3. The van der Waals surface area contributed by atoms with Gasteiger partial charge in [-0.1, -0.05) is 11.6 Å². The summed E-state index contributed by atoms with van der Waals surface area (Å²) >= 11 is 0. The molecule has 0 spiro atoms. The van der Waals surface area contributed by atoms with Crippen molar-refractivity contribution in [3.05, 3.63) is 51.8 Å². The van der Waals surface area contributed by atoms with E-state index in [9.17, 15) is 9.59 Å². The second kappa shape index (κ2) is 5.19. The van der Waals surface area contributed by atoms with Crippen LogP contribution in [0.3, 0.4) is 0 Å². The molecule has 1 N–H and O–H groups in total. The van der Waals surface area contributed by atoms with Crippen LogP contribution in [0.4, 0.5) is 0 Å². The number of fused-ring (bicyclic) bond motifs is 2. The SMILES string of the molecule is Cc1ccc2oc3ncc(C(=O)NC(C)(C)C)cc3c(=O)c2c1. The van der Waals surface area contributed by atoms with Crippen LogP contribution in [0.2, 0.25) is 0 Å². The number of aryl methyl sites for hydroxylation is 1. The van der Waals surface area contributed by atoms with Gasteiger partial charge in [-0.3, -0.25) is 9.59 Å². The second-order valence-corrected chi connectivity index (χ2v) is 6.71. The van der Waals surface area contributed by atoms with Crippen molar-refractivity contribution in [1.29, 1.82) is 0 Å². The Labute approximate surface area is 133 Å². The summed E-state index contributed by atoms with van der Waals surface area (Å²) in [5, 5.41) is 3.66. The number of hydrogen-bond donors (Lipinski definition) is 1. The van der Waals surface area contributed by atoms with Crippen LogP contribution in [0.15, 0.2) is 39.7 Å². The molecule has 0 bridgehead atoms. The van der Waals surface area contributed by atoms with Gasteiger partial charge in [0.2, 0.25) is 11.1 Å². The van der Waals surface area contributed by atoms with Gasteiger partial charge in [-0.25, -0.2) is 4.98 Å². The van der Waals surface area contributed by atoms with Crippen molar-refractivity contribution < 1.29 is 9.21 Å². The van der Waals surface area contributed by atoms with E-state index in [4.69, 9.17) is 4.42 Å². The van der Waals surface area contributed by atoms with E-state index in [1.165, 1.54) is 12.3 Å². The molecule has 3 aromatic rings. The molecular weight excluding hydrogens is 292 g/mol. The predicted molar refractivity (Wildman–Crippen MR) is 89.7 cm³/mol. The van der Waals surface area contributed by atoms with E-state index in [1.807, 2.05) is 33.8 Å². The fourth-order valence-corrected chi connectivity index (χ4v) is 2.39. The summed E-state index contributed by atoms with van der Waals surface area (Å²) in [5.41, 5.74) is 1.50. The van der Waals surface area contributed by atoms with Crippen LogP contribution >= 0.6 is 0 Å². The van der Waals surface area contributed by atoms with Crippen LogP contribution < -0.4 is 10.7 Å². The van der Waals surface area contributed by atoms with Gasteiger partial charge in [-0.05, 0) is 45.9 Å². The summed E-state index contributed by atoms with van der Waals surface area (Å²) in [5.74, 6) is -0.268. The first kappa shape index (κ1) is 15.2. The van der Waals surface area contributed by atoms with E-state index < -0.39 is 0 Å². The van der Waals surface area contributed by atoms with Crippen molar-refractivity contribution in [2.45, 2.75) is 33.2 Å². The van der Waals surface area contributed by atoms with E-state index in [0.29, 0.717) is 21.9 Å². The van der Waals surface area contributed by atoms with Gasteiger partial charge in [0, 0.05) is 11.7 Å². The zero-order valence-electron chi connectivity index (χ0n) is 13.6. The molecule has 0 radical (unpaired) electrons. The fourth-order valence-electron chi connectivity index (χ4n) is 2.39. The quantitative estimate of drug-likeness (QED) is 0.701. The zero-order chi connectivity index (χ0) is 16.8. The van der Waals surface area contributed by atoms with Crippen molar-refractivity contribution >= 4 is 28.0 Å². The number of carbonyl (C=O) groups excluding carboxylic acids is 1. The number of pyridine rings is 1. The lowest BCUT2D eigenvalue weighted by molar-refractivity contribution is 0.0919. The summed E-state index contributed by atoms with van der Waals surface area (Å²) in [6.07, 6.45) is 1.42. The van der Waals surface area contributed by atoms with Crippen molar-refractivity contribution in [2.24, 2.45) is 0 Å². The van der Waals surface area contributed by atoms with Gasteiger partial charge < -0.3 is 9.73 Å². The van der Waals surface area contributed by atoms with Crippen molar-refractivity contribution in [1.82, 2.24) is 10.3 Å². The lowest BCUT2D eigenvalue weighted by atomic mass is 10.1. The molecule has 3 rings (SSSR count). The Balaban J connectivity index is 2.19. The fraction of sp³-hybridized carbons (Fsp3) is 0.278. The highest BCUT2D eigenvalue weighted by molar-refractivity contribution is 5.98. The van der Waals surface area contributed by atoms with Gasteiger partial charge in [-0.15, -0.1) is 0 Å². The molecule has 0 saturated carbocycles. The Morgan fingerprint density at radius 2 is 1.91 bits per heavy atom. The zero-order valence-corrected chi connectivity index (χ0v) is 13.6. The van der Waals surface area contributed by atoms with Crippen LogP contribution in [-0.2, 0) is 0 Å². The number of aromatic nitrogens is 1. The van der Waals surface area contributed by atoms with Gasteiger partial charge in [0.1, 0.15) is 5.58 Å². The standard InChI is InChI=1S/C18H18N2O3/c1-10-5-6-14-12(7-10)15(21)13-8-11(9-19-17(13)23-14)16(22)20-18(2,3)4/h5-9H,1-4H3,(H,20,22). The van der Waals surface area contributed by atoms with Gasteiger partial charge in [0.05, 0.1) is 16.3 Å². The van der Waals surface area contributed by atoms with E-state index in [0.717, 1.165) is 5.56 Å². The first-order valence-corrected chi connectivity index (χ1v) is 7.40. The third-order valence-corrected chi connectivity index (χ3v) is 3.43. The normalized spacial score (nSPS) is 11.8. The molecule has 0 aliphatic rings. The smallest absolute Gasteiger partial charge is 0.253 e. The van der Waals surface area contributed by atoms with E-state index in [1.54, 1.807) is 12.1 Å². The molecule has 0 saturated heterocycles. The molecule has 0 aliphatic carbocycles. The van der Waals surface area contributed by atoms with Crippen LogP contribution in [0.25, 0.3) is 22.1 Å². The molecule has 2 heterocycles. The molecule has 2 aromatic heterocycles. The van der Waals surface area contributed by atoms with Gasteiger partial charge in [-0.2, -0.15) is 0 Å². The van der Waals surface area contributed by atoms with E-state index in [2.05, 4.69) is 10.3 Å². The van der Waals surface area contributed by atoms with Crippen LogP contribution in [0.5, 0.6) is 0 Å². The molecular formula is C18H18N2O3. The number of carbonyl (C=O) groups is 1. The summed E-state index contributed by atoms with van der Waals surface area (Å²) in [6.45, 7) is 7.59. The average molecular weight is 310 g/mol. The molecule has 0 fully saturated rings. The van der Waals surface area contributed by atoms with Gasteiger partial charge in [0.15, 0.2) is 0 Å². The van der Waals surface area contributed by atoms with Gasteiger partial charge >= 0.3 is 0 Å². The minimum Gasteiger partial charge on any atom is -0.437 e. The maximum absolute atomic E-state index is 12.7. The number of rotatable bonds is 1. The summed E-state index contributed by atoms with van der Waals surface area (Å²) < 4.78 is 5.67. The van der Waals surface area contributed by atoms with Crippen LogP contribution in [-0.4, -0.2) is 16.4 Å². The summed E-state index contributed by atoms with van der Waals surface area (Å²) in [6, 6.07) is 6.95. The van der Waals surface area contributed by atoms with E-state index >= 15 is 0 Å². The number of amides is 1. The van der Waals surface area contributed by atoms with Crippen LogP contribution in [0.1, 0.15) is 36.7 Å². The summed E-state index contributed by atoms with van der Waals surface area (Å²) in [7, 11) is 0. The number of hydrogen-bond acceptors (Lipinski definition) is 4. The second-order valence-electron chi connectivity index (χ2n) is 6.71. The molecule has 0 unspecified atom stereocenters. The predicted octanol–water partition coefficient (Wildman–Crippen LogP) is 3.18. The Morgan fingerprint density at radius 3 is 2.61 bits per heavy atom. The number of nitrogens with zero attached hydrogens (tertiary/aromatic N) is 1. The van der Waals surface area contributed by atoms with E-state index in [-0.39, 0.29) is 22.6 Å². The molecule has 5 nitrogen and oxygen atoms in total. The largest absolute Gasteiger partial charge is 0.437 e. The topological polar surface area (TPSA) is 72.2 Å². The average Bonchev–Trinajstić information content (AvgIpc) is 2.46. The number of nitrogens with one attached hydrogen (secondary N) is 1. The molecule has 118 valence electrons. The maximum Gasteiger partial charge on any atom is 0.253 e. The first-order valence-electron chi connectivity index (χ1n) is 7.40. The van der Waals surface area contributed by atoms with Crippen LogP contribution in [0, 0.1) is 6.92 Å². The van der Waals surface area contributed by atoms with Crippen molar-refractivity contribution in [2.75, 3.05) is 0 Å². The number of benzene rings is 1. The van der Waals surface area contributed by atoms with Gasteiger partial charge in [0.25, 0.3) is 5.91 Å². The lowest BCUT2D eigenvalue weighted by Gasteiger charge is -2.20. The third-order valence-electron chi connectivity index (χ3n) is 3.43. The maximum atomic E-state index is 12.7. The Bertz CT molecular complexity index is 981. The third kappa shape index (κ3) is 2.95. The monoisotopic (exact) mass is 310 g/mol. The molecule has 23 heavy (non-hydrogen) atoms.